The Kier molecular flexibility index (Phi) is 23.0. The van der Waals surface area contributed by atoms with Crippen LogP contribution >= 0.6 is 0 Å². The van der Waals surface area contributed by atoms with Crippen LogP contribution in [-0.2, 0) is 38.1 Å². The van der Waals surface area contributed by atoms with Crippen molar-refractivity contribution in [3.8, 4) is 0 Å². The Morgan fingerprint density at radius 1 is 0.700 bits per heavy atom. The van der Waals surface area contributed by atoms with E-state index in [1.165, 1.54) is 28.3 Å². The molecule has 0 aliphatic heterocycles. The molecule has 0 aromatic heterocycles. The maximum atomic E-state index is 10.3. The molecule has 0 fully saturated rings. The highest BCUT2D eigenvalue weighted by atomic mass is 16.5. The normalized spacial score (nSPS) is 8.10. The van der Waals surface area contributed by atoms with Crippen LogP contribution in [0.4, 0.5) is 0 Å². The van der Waals surface area contributed by atoms with Gasteiger partial charge < -0.3 is 23.7 Å². The zero-order chi connectivity index (χ0) is 16.4. The minimum Gasteiger partial charge on any atom is -0.469 e. The van der Waals surface area contributed by atoms with Crippen LogP contribution in [0.15, 0.2) is 0 Å². The summed E-state index contributed by atoms with van der Waals surface area (Å²) in [5.41, 5.74) is 0. The standard InChI is InChI=1S/C5H8O4.C4H10O2.C3H6O2/c1-8-4(6)3-5(7)9-2;1-5-3-4-6-2;1-3(4)5-2/h3H2,1-2H3;3-4H2,1-2H3;1-2H3. The van der Waals surface area contributed by atoms with Crippen LogP contribution in [-0.4, -0.2) is 66.7 Å². The Morgan fingerprint density at radius 3 is 1.15 bits per heavy atom. The molecule has 0 aromatic carbocycles. The van der Waals surface area contributed by atoms with E-state index < -0.39 is 11.9 Å². The van der Waals surface area contributed by atoms with E-state index in [0.717, 1.165) is 0 Å². The largest absolute Gasteiger partial charge is 0.469 e. The SMILES string of the molecule is COC(=O)CC(=O)OC.COC(C)=O.COCCOC. The van der Waals surface area contributed by atoms with E-state index in [1.54, 1.807) is 14.2 Å². The van der Waals surface area contributed by atoms with E-state index in [4.69, 9.17) is 0 Å². The second-order valence-corrected chi connectivity index (χ2v) is 3.01. The van der Waals surface area contributed by atoms with Crippen molar-refractivity contribution >= 4 is 17.9 Å². The first kappa shape index (κ1) is 23.4. The smallest absolute Gasteiger partial charge is 0.316 e. The van der Waals surface area contributed by atoms with Gasteiger partial charge in [-0.05, 0) is 0 Å². The lowest BCUT2D eigenvalue weighted by atomic mass is 10.4. The van der Waals surface area contributed by atoms with Crippen LogP contribution < -0.4 is 0 Å². The molecule has 0 amide bonds. The molecule has 0 radical (unpaired) electrons. The minimum atomic E-state index is -0.582. The molecule has 0 heterocycles. The van der Waals surface area contributed by atoms with Crippen LogP contribution in [0.2, 0.25) is 0 Å². The molecule has 0 spiro atoms. The lowest BCUT2D eigenvalue weighted by molar-refractivity contribution is -0.151. The summed E-state index contributed by atoms with van der Waals surface area (Å²) in [5.74, 6) is -1.41. The highest BCUT2D eigenvalue weighted by Crippen LogP contribution is 1.85. The molecule has 120 valence electrons. The molecule has 0 rings (SSSR count). The van der Waals surface area contributed by atoms with Gasteiger partial charge in [-0.2, -0.15) is 0 Å². The maximum Gasteiger partial charge on any atom is 0.316 e. The number of hydrogen-bond acceptors (Lipinski definition) is 8. The highest BCUT2D eigenvalue weighted by molar-refractivity contribution is 5.90. The van der Waals surface area contributed by atoms with Crippen molar-refractivity contribution in [3.63, 3.8) is 0 Å². The molecule has 0 atom stereocenters. The molecule has 8 nitrogen and oxygen atoms in total. The van der Waals surface area contributed by atoms with Crippen molar-refractivity contribution < 1.29 is 38.1 Å². The monoisotopic (exact) mass is 296 g/mol. The Morgan fingerprint density at radius 2 is 1.00 bits per heavy atom. The zero-order valence-electron chi connectivity index (χ0n) is 12.9. The number of carbonyl (C=O) groups is 3. The zero-order valence-corrected chi connectivity index (χ0v) is 12.9. The van der Waals surface area contributed by atoms with Gasteiger partial charge >= 0.3 is 17.9 Å². The molecule has 20 heavy (non-hydrogen) atoms. The van der Waals surface area contributed by atoms with Crippen LogP contribution in [0.1, 0.15) is 13.3 Å². The van der Waals surface area contributed by atoms with Crippen LogP contribution in [0.25, 0.3) is 0 Å². The Labute approximate surface area is 119 Å². The predicted molar refractivity (Wildman–Crippen MR) is 70.1 cm³/mol. The summed E-state index contributed by atoms with van der Waals surface area (Å²) in [6.07, 6.45) is -0.312. The lowest BCUT2D eigenvalue weighted by Gasteiger charge is -1.95. The first-order valence-electron chi connectivity index (χ1n) is 5.55. The topological polar surface area (TPSA) is 97.4 Å². The summed E-state index contributed by atoms with van der Waals surface area (Å²) in [6.45, 7) is 2.74. The summed E-state index contributed by atoms with van der Waals surface area (Å²) in [5, 5.41) is 0. The Balaban J connectivity index is -0.000000230. The summed E-state index contributed by atoms with van der Waals surface area (Å²) >= 11 is 0. The molecule has 0 saturated heterocycles. The van der Waals surface area contributed by atoms with Crippen LogP contribution in [0.5, 0.6) is 0 Å². The fourth-order valence-corrected chi connectivity index (χ4v) is 0.429. The van der Waals surface area contributed by atoms with Crippen LogP contribution in [0, 0.1) is 0 Å². The lowest BCUT2D eigenvalue weighted by Crippen LogP contribution is -2.09. The maximum absolute atomic E-state index is 10.3. The van der Waals surface area contributed by atoms with E-state index in [1.807, 2.05) is 0 Å². The Bertz CT molecular complexity index is 234. The van der Waals surface area contributed by atoms with Gasteiger partial charge in [0.05, 0.1) is 34.5 Å². The first-order chi connectivity index (χ1) is 9.39. The van der Waals surface area contributed by atoms with Crippen molar-refractivity contribution in [1.82, 2.24) is 0 Å². The average Bonchev–Trinajstić information content (AvgIpc) is 2.45. The molecule has 8 heteroatoms. The van der Waals surface area contributed by atoms with Gasteiger partial charge in [-0.3, -0.25) is 14.4 Å². The molecule has 0 saturated carbocycles. The van der Waals surface area contributed by atoms with Crippen molar-refractivity contribution in [3.05, 3.63) is 0 Å². The molecule has 0 aliphatic carbocycles. The number of hydrogen-bond donors (Lipinski definition) is 0. The molecule has 0 unspecified atom stereocenters. The number of rotatable bonds is 5. The van der Waals surface area contributed by atoms with Gasteiger partial charge in [0.2, 0.25) is 0 Å². The van der Waals surface area contributed by atoms with E-state index >= 15 is 0 Å². The average molecular weight is 296 g/mol. The van der Waals surface area contributed by atoms with Gasteiger partial charge in [0.15, 0.2) is 0 Å². The number of esters is 3. The van der Waals surface area contributed by atoms with Crippen LogP contribution in [0.3, 0.4) is 0 Å². The minimum absolute atomic E-state index is 0.245. The third-order valence-corrected chi connectivity index (χ3v) is 1.52. The van der Waals surface area contributed by atoms with E-state index in [2.05, 4.69) is 23.7 Å². The summed E-state index contributed by atoms with van der Waals surface area (Å²) in [6, 6.07) is 0. The van der Waals surface area contributed by atoms with Crippen molar-refractivity contribution in [2.75, 3.05) is 48.8 Å². The van der Waals surface area contributed by atoms with E-state index in [9.17, 15) is 14.4 Å². The molecule has 0 aliphatic rings. The fraction of sp³-hybridized carbons (Fsp3) is 0.750. The number of ether oxygens (including phenoxy) is 5. The predicted octanol–water partition coefficient (Wildman–Crippen LogP) is 0.181. The fourth-order valence-electron chi connectivity index (χ4n) is 0.429. The van der Waals surface area contributed by atoms with Crippen molar-refractivity contribution in [1.29, 1.82) is 0 Å². The number of methoxy groups -OCH3 is 5. The quantitative estimate of drug-likeness (QED) is 0.307. The van der Waals surface area contributed by atoms with E-state index in [0.29, 0.717) is 13.2 Å². The summed E-state index contributed by atoms with van der Waals surface area (Å²) < 4.78 is 21.8. The second kappa shape index (κ2) is 19.7. The van der Waals surface area contributed by atoms with Crippen molar-refractivity contribution in [2.24, 2.45) is 0 Å². The second-order valence-electron chi connectivity index (χ2n) is 3.01. The molecule has 0 N–H and O–H groups in total. The first-order valence-corrected chi connectivity index (χ1v) is 5.55. The molecular formula is C12H24O8. The molecule has 0 aromatic rings. The summed E-state index contributed by atoms with van der Waals surface area (Å²) in [4.78, 5) is 30.1. The third-order valence-electron chi connectivity index (χ3n) is 1.52. The van der Waals surface area contributed by atoms with Gasteiger partial charge in [0.25, 0.3) is 0 Å². The van der Waals surface area contributed by atoms with Gasteiger partial charge in [-0.25, -0.2) is 0 Å². The number of carbonyl (C=O) groups excluding carboxylic acids is 3. The highest BCUT2D eigenvalue weighted by Gasteiger charge is 2.07. The third kappa shape index (κ3) is 29.9. The van der Waals surface area contributed by atoms with Gasteiger partial charge in [0.1, 0.15) is 6.42 Å². The summed E-state index contributed by atoms with van der Waals surface area (Å²) in [7, 11) is 7.08. The van der Waals surface area contributed by atoms with Gasteiger partial charge in [-0.15, -0.1) is 0 Å². The van der Waals surface area contributed by atoms with Gasteiger partial charge in [-0.1, -0.05) is 0 Å². The Hall–Kier alpha value is -1.67. The van der Waals surface area contributed by atoms with Crippen molar-refractivity contribution in [2.45, 2.75) is 13.3 Å². The molecular weight excluding hydrogens is 272 g/mol. The molecule has 0 bridgehead atoms. The van der Waals surface area contributed by atoms with E-state index in [-0.39, 0.29) is 12.4 Å². The van der Waals surface area contributed by atoms with Gasteiger partial charge in [0, 0.05) is 21.1 Å².